The Bertz CT molecular complexity index is 497. The van der Waals surface area contributed by atoms with Gasteiger partial charge in [-0.3, -0.25) is 4.72 Å². The maximum absolute atomic E-state index is 3.39. The van der Waals surface area contributed by atoms with Gasteiger partial charge in [-0.25, -0.2) is 0 Å². The molecule has 0 aromatic heterocycles. The molecule has 1 aliphatic rings. The lowest BCUT2D eigenvalue weighted by Crippen LogP contribution is -2.21. The molecule has 0 saturated carbocycles. The Labute approximate surface area is 141 Å². The van der Waals surface area contributed by atoms with E-state index in [2.05, 4.69) is 60.4 Å². The quantitative estimate of drug-likeness (QED) is 0.304. The summed E-state index contributed by atoms with van der Waals surface area (Å²) < 4.78 is 3.39. The molecule has 2 rings (SSSR count). The van der Waals surface area contributed by atoms with Crippen LogP contribution in [0.3, 0.4) is 0 Å². The molecule has 0 heterocycles. The van der Waals surface area contributed by atoms with Crippen LogP contribution in [0.4, 0.5) is 0 Å². The minimum Gasteiger partial charge on any atom is -0.257 e. The van der Waals surface area contributed by atoms with Crippen molar-refractivity contribution >= 4 is 35.5 Å². The molecule has 0 bridgehead atoms. The van der Waals surface area contributed by atoms with Gasteiger partial charge in [0.05, 0.1) is 0 Å². The molecule has 114 valence electrons. The molecule has 1 aromatic rings. The van der Waals surface area contributed by atoms with Crippen LogP contribution in [0, 0.1) is 0 Å². The van der Waals surface area contributed by atoms with Gasteiger partial charge in [-0.05, 0) is 48.1 Å². The first kappa shape index (κ1) is 17.1. The standard InChI is InChI=1S/C17H23NS3/c1-3-20-13-21-17-6-4-5-15(12-17)11-14-7-9-16(10-8-14)18-19-2/h4-9,12,16,18H,3,10-11,13H2,1-2H3. The van der Waals surface area contributed by atoms with E-state index >= 15 is 0 Å². The first-order valence-electron chi connectivity index (χ1n) is 7.27. The van der Waals surface area contributed by atoms with Crippen LogP contribution in [0.25, 0.3) is 0 Å². The summed E-state index contributed by atoms with van der Waals surface area (Å²) in [5.74, 6) is 1.19. The normalized spacial score (nSPS) is 17.8. The van der Waals surface area contributed by atoms with Gasteiger partial charge in [0.15, 0.2) is 0 Å². The molecule has 1 unspecified atom stereocenters. The molecule has 0 radical (unpaired) electrons. The van der Waals surface area contributed by atoms with Crippen LogP contribution in [0.15, 0.2) is 53.0 Å². The molecular formula is C17H23NS3. The number of benzene rings is 1. The average molecular weight is 338 g/mol. The highest BCUT2D eigenvalue weighted by Crippen LogP contribution is 2.25. The topological polar surface area (TPSA) is 12.0 Å². The molecular weight excluding hydrogens is 314 g/mol. The second-order valence-electron chi connectivity index (χ2n) is 4.88. The number of rotatable bonds is 8. The third kappa shape index (κ3) is 6.15. The SMILES string of the molecule is CCSCSc1cccc(CC2=CCC(NSC)C=C2)c1. The summed E-state index contributed by atoms with van der Waals surface area (Å²) in [5, 5.41) is 1.14. The van der Waals surface area contributed by atoms with Crippen LogP contribution >= 0.6 is 35.5 Å². The van der Waals surface area contributed by atoms with Crippen molar-refractivity contribution in [3.63, 3.8) is 0 Å². The Balaban J connectivity index is 1.88. The highest BCUT2D eigenvalue weighted by Gasteiger charge is 2.08. The number of allylic oxidation sites excluding steroid dienone is 2. The fourth-order valence-electron chi connectivity index (χ4n) is 2.21. The van der Waals surface area contributed by atoms with Crippen LogP contribution in [0.2, 0.25) is 0 Å². The maximum Gasteiger partial charge on any atom is 0.0439 e. The van der Waals surface area contributed by atoms with Crippen LogP contribution < -0.4 is 4.72 Å². The number of hydrogen-bond acceptors (Lipinski definition) is 4. The fraction of sp³-hybridized carbons (Fsp3) is 0.412. The third-order valence-corrected chi connectivity index (χ3v) is 5.94. The summed E-state index contributed by atoms with van der Waals surface area (Å²) in [5.41, 5.74) is 2.84. The Hall–Kier alpha value is -0.290. The molecule has 4 heteroatoms. The summed E-state index contributed by atoms with van der Waals surface area (Å²) >= 11 is 5.61. The van der Waals surface area contributed by atoms with Crippen molar-refractivity contribution in [3.8, 4) is 0 Å². The molecule has 1 N–H and O–H groups in total. The number of nitrogens with one attached hydrogen (secondary N) is 1. The largest absolute Gasteiger partial charge is 0.257 e. The molecule has 0 amide bonds. The molecule has 1 atom stereocenters. The Morgan fingerprint density at radius 1 is 1.33 bits per heavy atom. The van der Waals surface area contributed by atoms with Gasteiger partial charge < -0.3 is 0 Å². The maximum atomic E-state index is 3.39. The Kier molecular flexibility index (Phi) is 7.86. The minimum atomic E-state index is 0.483. The highest BCUT2D eigenvalue weighted by atomic mass is 32.2. The summed E-state index contributed by atoms with van der Waals surface area (Å²) in [7, 11) is 0. The molecule has 0 saturated heterocycles. The van der Waals surface area contributed by atoms with E-state index in [-0.39, 0.29) is 0 Å². The molecule has 0 fully saturated rings. The number of hydrogen-bond donors (Lipinski definition) is 1. The van der Waals surface area contributed by atoms with Gasteiger partial charge in [-0.2, -0.15) is 11.8 Å². The van der Waals surface area contributed by atoms with Gasteiger partial charge in [0, 0.05) is 16.0 Å². The second kappa shape index (κ2) is 9.67. The van der Waals surface area contributed by atoms with Gasteiger partial charge >= 0.3 is 0 Å². The van der Waals surface area contributed by atoms with Crippen LogP contribution in [0.5, 0.6) is 0 Å². The monoisotopic (exact) mass is 337 g/mol. The predicted octanol–water partition coefficient (Wildman–Crippen LogP) is 5.15. The van der Waals surface area contributed by atoms with Crippen LogP contribution in [-0.2, 0) is 6.42 Å². The van der Waals surface area contributed by atoms with Gasteiger partial charge in [0.1, 0.15) is 0 Å². The van der Waals surface area contributed by atoms with E-state index in [1.807, 2.05) is 23.5 Å². The van der Waals surface area contributed by atoms with Crippen molar-refractivity contribution in [1.29, 1.82) is 0 Å². The van der Waals surface area contributed by atoms with E-state index in [0.29, 0.717) is 6.04 Å². The lowest BCUT2D eigenvalue weighted by molar-refractivity contribution is 0.761. The smallest absolute Gasteiger partial charge is 0.0439 e. The van der Waals surface area contributed by atoms with Crippen molar-refractivity contribution in [2.24, 2.45) is 0 Å². The first-order valence-corrected chi connectivity index (χ1v) is 10.6. The second-order valence-corrected chi connectivity index (χ2v) is 8.21. The molecule has 0 aliphatic heterocycles. The van der Waals surface area contributed by atoms with Crippen LogP contribution in [-0.4, -0.2) is 23.1 Å². The zero-order valence-corrected chi connectivity index (χ0v) is 15.1. The van der Waals surface area contributed by atoms with E-state index in [0.717, 1.165) is 17.9 Å². The average Bonchev–Trinajstić information content (AvgIpc) is 2.50. The fourth-order valence-corrected chi connectivity index (χ4v) is 4.64. The van der Waals surface area contributed by atoms with Gasteiger partial charge in [0.25, 0.3) is 0 Å². The third-order valence-electron chi connectivity index (χ3n) is 3.27. The van der Waals surface area contributed by atoms with Crippen molar-refractivity contribution in [3.05, 3.63) is 53.6 Å². The zero-order chi connectivity index (χ0) is 14.9. The first-order chi connectivity index (χ1) is 10.3. The van der Waals surface area contributed by atoms with Crippen LogP contribution in [0.1, 0.15) is 18.9 Å². The van der Waals surface area contributed by atoms with Crippen molar-refractivity contribution in [2.75, 3.05) is 17.1 Å². The summed E-state index contributed by atoms with van der Waals surface area (Å²) in [6, 6.07) is 9.45. The van der Waals surface area contributed by atoms with E-state index in [1.54, 1.807) is 11.9 Å². The van der Waals surface area contributed by atoms with E-state index in [1.165, 1.54) is 21.8 Å². The summed E-state index contributed by atoms with van der Waals surface area (Å²) in [6.45, 7) is 2.21. The molecule has 1 aliphatic carbocycles. The van der Waals surface area contributed by atoms with E-state index in [4.69, 9.17) is 0 Å². The number of thioether (sulfide) groups is 2. The van der Waals surface area contributed by atoms with Gasteiger partial charge in [-0.1, -0.05) is 49.2 Å². The van der Waals surface area contributed by atoms with E-state index < -0.39 is 0 Å². The summed E-state index contributed by atoms with van der Waals surface area (Å²) in [4.78, 5) is 1.38. The molecule has 0 spiro atoms. The molecule has 21 heavy (non-hydrogen) atoms. The van der Waals surface area contributed by atoms with Crippen molar-refractivity contribution < 1.29 is 0 Å². The van der Waals surface area contributed by atoms with E-state index in [9.17, 15) is 0 Å². The van der Waals surface area contributed by atoms with Gasteiger partial charge in [-0.15, -0.1) is 11.8 Å². The predicted molar refractivity (Wildman–Crippen MR) is 101 cm³/mol. The van der Waals surface area contributed by atoms with Crippen molar-refractivity contribution in [1.82, 2.24) is 4.72 Å². The minimum absolute atomic E-state index is 0.483. The summed E-state index contributed by atoms with van der Waals surface area (Å²) in [6.07, 6.45) is 11.1. The molecule has 1 aromatic carbocycles. The van der Waals surface area contributed by atoms with Gasteiger partial charge in [0.2, 0.25) is 0 Å². The lowest BCUT2D eigenvalue weighted by atomic mass is 9.98. The lowest BCUT2D eigenvalue weighted by Gasteiger charge is -2.16. The highest BCUT2D eigenvalue weighted by molar-refractivity contribution is 8.16. The zero-order valence-electron chi connectivity index (χ0n) is 12.7. The van der Waals surface area contributed by atoms with Crippen molar-refractivity contribution in [2.45, 2.75) is 30.7 Å². The Morgan fingerprint density at radius 3 is 2.95 bits per heavy atom. The molecule has 1 nitrogen and oxygen atoms in total. The Morgan fingerprint density at radius 2 is 2.24 bits per heavy atom.